The van der Waals surface area contributed by atoms with Gasteiger partial charge in [0.05, 0.1) is 36.4 Å². The molecule has 0 unspecified atom stereocenters. The van der Waals surface area contributed by atoms with Gasteiger partial charge in [-0.3, -0.25) is 0 Å². The van der Waals surface area contributed by atoms with E-state index in [-0.39, 0.29) is 5.41 Å². The highest BCUT2D eigenvalue weighted by Crippen LogP contribution is 2.41. The van der Waals surface area contributed by atoms with Crippen LogP contribution in [-0.2, 0) is 17.3 Å². The molecule has 1 aliphatic carbocycles. The van der Waals surface area contributed by atoms with E-state index in [0.717, 1.165) is 16.7 Å². The molecule has 0 radical (unpaired) electrons. The molecule has 6 nitrogen and oxygen atoms in total. The molecule has 3 rings (SSSR count). The van der Waals surface area contributed by atoms with Gasteiger partial charge in [-0.2, -0.15) is 5.26 Å². The molecule has 0 spiro atoms. The number of hydrogen-bond acceptors (Lipinski definition) is 4. The Morgan fingerprint density at radius 3 is 2.45 bits per heavy atom. The third kappa shape index (κ3) is 4.52. The number of amides is 2. The van der Waals surface area contributed by atoms with Gasteiger partial charge in [-0.1, -0.05) is 45.0 Å². The van der Waals surface area contributed by atoms with Gasteiger partial charge in [0.2, 0.25) is 0 Å². The number of nitrogens with one attached hydrogen (secondary N) is 2. The normalized spacial score (nSPS) is 18.1. The molecule has 31 heavy (non-hydrogen) atoms. The predicted octanol–water partition coefficient (Wildman–Crippen LogP) is 4.57. The second-order valence-electron chi connectivity index (χ2n) is 9.64. The number of carbonyl (C=O) groups excluding carboxylic acids is 1. The van der Waals surface area contributed by atoms with Crippen molar-refractivity contribution in [3.63, 3.8) is 0 Å². The summed E-state index contributed by atoms with van der Waals surface area (Å²) in [6.45, 7) is 9.89. The van der Waals surface area contributed by atoms with Gasteiger partial charge in [-0.05, 0) is 54.5 Å². The number of urea groups is 1. The van der Waals surface area contributed by atoms with Crippen LogP contribution in [0.1, 0.15) is 63.0 Å². The number of methoxy groups -OCH3 is 1. The molecule has 2 aromatic carbocycles. The maximum absolute atomic E-state index is 12.9. The topological polar surface area (TPSA) is 94.4 Å². The van der Waals surface area contributed by atoms with Crippen LogP contribution in [-0.4, -0.2) is 24.3 Å². The molecule has 0 aliphatic heterocycles. The highest BCUT2D eigenvalue weighted by Gasteiger charge is 2.33. The average molecular weight is 422 g/mol. The van der Waals surface area contributed by atoms with Crippen LogP contribution >= 0.6 is 0 Å². The van der Waals surface area contributed by atoms with Crippen LogP contribution in [0.3, 0.4) is 0 Å². The smallest absolute Gasteiger partial charge is 0.319 e. The number of nitriles is 1. The Hall–Kier alpha value is -3.04. The van der Waals surface area contributed by atoms with E-state index in [2.05, 4.69) is 37.5 Å². The molecule has 2 aromatic rings. The van der Waals surface area contributed by atoms with Crippen molar-refractivity contribution >= 4 is 11.7 Å². The number of rotatable bonds is 4. The SMILES string of the molecule is COc1c(NC(=O)N[C@@H]2Cc3ccccc3[C@@H]2O)cc(C(C)(C)C)cc1C(C)(C)C#N. The number of ether oxygens (including phenoxy) is 1. The van der Waals surface area contributed by atoms with Crippen LogP contribution in [0.5, 0.6) is 5.75 Å². The lowest BCUT2D eigenvalue weighted by Gasteiger charge is -2.27. The van der Waals surface area contributed by atoms with Crippen LogP contribution in [0.2, 0.25) is 0 Å². The first-order valence-electron chi connectivity index (χ1n) is 10.5. The van der Waals surface area contributed by atoms with E-state index in [1.54, 1.807) is 0 Å². The van der Waals surface area contributed by atoms with Crippen molar-refractivity contribution in [3.05, 3.63) is 58.7 Å². The Kier molecular flexibility index (Phi) is 6.02. The van der Waals surface area contributed by atoms with Gasteiger partial charge < -0.3 is 20.5 Å². The van der Waals surface area contributed by atoms with E-state index in [1.165, 1.54) is 7.11 Å². The largest absolute Gasteiger partial charge is 0.494 e. The first-order chi connectivity index (χ1) is 14.5. The third-order valence-electron chi connectivity index (χ3n) is 5.87. The average Bonchev–Trinajstić information content (AvgIpc) is 3.02. The van der Waals surface area contributed by atoms with Gasteiger partial charge in [0.1, 0.15) is 5.75 Å². The number of carbonyl (C=O) groups is 1. The van der Waals surface area contributed by atoms with Gasteiger partial charge in [-0.15, -0.1) is 0 Å². The number of aliphatic hydroxyl groups is 1. The van der Waals surface area contributed by atoms with Gasteiger partial charge in [-0.25, -0.2) is 4.79 Å². The summed E-state index contributed by atoms with van der Waals surface area (Å²) >= 11 is 0. The zero-order chi connectivity index (χ0) is 23.0. The van der Waals surface area contributed by atoms with Gasteiger partial charge in [0.25, 0.3) is 0 Å². The van der Waals surface area contributed by atoms with E-state index in [1.807, 2.05) is 50.2 Å². The molecule has 0 aromatic heterocycles. The fourth-order valence-electron chi connectivity index (χ4n) is 3.93. The number of benzene rings is 2. The zero-order valence-corrected chi connectivity index (χ0v) is 19.0. The van der Waals surface area contributed by atoms with Crippen molar-refractivity contribution in [1.82, 2.24) is 5.32 Å². The van der Waals surface area contributed by atoms with Crippen molar-refractivity contribution < 1.29 is 14.6 Å². The minimum Gasteiger partial charge on any atom is -0.494 e. The molecule has 0 saturated carbocycles. The molecular formula is C25H31N3O3. The van der Waals surface area contributed by atoms with Crippen molar-refractivity contribution in [3.8, 4) is 11.8 Å². The number of fused-ring (bicyclic) bond motifs is 1. The summed E-state index contributed by atoms with van der Waals surface area (Å²) in [6.07, 6.45) is -0.186. The molecule has 164 valence electrons. The second kappa shape index (κ2) is 8.24. The van der Waals surface area contributed by atoms with Gasteiger partial charge >= 0.3 is 6.03 Å². The molecule has 6 heteroatoms. The predicted molar refractivity (Wildman–Crippen MR) is 121 cm³/mol. The number of hydrogen-bond donors (Lipinski definition) is 3. The van der Waals surface area contributed by atoms with Crippen LogP contribution < -0.4 is 15.4 Å². The number of nitrogens with zero attached hydrogens (tertiary/aromatic N) is 1. The fourth-order valence-corrected chi connectivity index (χ4v) is 3.93. The molecule has 0 heterocycles. The van der Waals surface area contributed by atoms with Crippen molar-refractivity contribution in [2.75, 3.05) is 12.4 Å². The second-order valence-corrected chi connectivity index (χ2v) is 9.64. The zero-order valence-electron chi connectivity index (χ0n) is 19.0. The molecule has 2 atom stereocenters. The summed E-state index contributed by atoms with van der Waals surface area (Å²) in [7, 11) is 1.53. The molecule has 0 saturated heterocycles. The van der Waals surface area contributed by atoms with Gasteiger partial charge in [0.15, 0.2) is 0 Å². The van der Waals surface area contributed by atoms with Crippen molar-refractivity contribution in [2.45, 2.75) is 64.0 Å². The molecule has 0 fully saturated rings. The van der Waals surface area contributed by atoms with Crippen LogP contribution in [0, 0.1) is 11.3 Å². The third-order valence-corrected chi connectivity index (χ3v) is 5.87. The lowest BCUT2D eigenvalue weighted by molar-refractivity contribution is 0.145. The lowest BCUT2D eigenvalue weighted by Crippen LogP contribution is -2.40. The quantitative estimate of drug-likeness (QED) is 0.674. The lowest BCUT2D eigenvalue weighted by atomic mass is 9.79. The van der Waals surface area contributed by atoms with E-state index >= 15 is 0 Å². The molecule has 3 N–H and O–H groups in total. The number of anilines is 1. The van der Waals surface area contributed by atoms with E-state index < -0.39 is 23.6 Å². The summed E-state index contributed by atoms with van der Waals surface area (Å²) in [4.78, 5) is 12.9. The Balaban J connectivity index is 1.91. The maximum atomic E-state index is 12.9. The molecule has 0 bridgehead atoms. The Morgan fingerprint density at radius 2 is 1.87 bits per heavy atom. The summed E-state index contributed by atoms with van der Waals surface area (Å²) in [6, 6.07) is 13.0. The van der Waals surface area contributed by atoms with Crippen molar-refractivity contribution in [2.24, 2.45) is 0 Å². The first-order valence-corrected chi connectivity index (χ1v) is 10.5. The summed E-state index contributed by atoms with van der Waals surface area (Å²) in [5.74, 6) is 0.463. The van der Waals surface area contributed by atoms with E-state index in [9.17, 15) is 15.2 Å². The standard InChI is InChI=1S/C25H31N3O3/c1-24(2,3)16-12-18(25(4,5)14-26)22(31-6)20(13-16)28-23(30)27-19-11-15-9-7-8-10-17(15)21(19)29/h7-10,12-13,19,21,29H,11H2,1-6H3,(H2,27,28,30)/t19-,21+/m1/s1. The Labute approximate surface area is 184 Å². The van der Waals surface area contributed by atoms with Crippen LogP contribution in [0.25, 0.3) is 0 Å². The highest BCUT2D eigenvalue weighted by atomic mass is 16.5. The first kappa shape index (κ1) is 22.6. The summed E-state index contributed by atoms with van der Waals surface area (Å²) in [5, 5.41) is 26.1. The van der Waals surface area contributed by atoms with Crippen molar-refractivity contribution in [1.29, 1.82) is 5.26 Å². The minimum atomic E-state index is -0.803. The highest BCUT2D eigenvalue weighted by molar-refractivity contribution is 5.92. The summed E-state index contributed by atoms with van der Waals surface area (Å²) in [5.41, 5.74) is 3.08. The number of aliphatic hydroxyl groups excluding tert-OH is 1. The van der Waals surface area contributed by atoms with Crippen LogP contribution in [0.15, 0.2) is 36.4 Å². The van der Waals surface area contributed by atoms with Crippen LogP contribution in [0.4, 0.5) is 10.5 Å². The Morgan fingerprint density at radius 1 is 1.19 bits per heavy atom. The summed E-state index contributed by atoms with van der Waals surface area (Å²) < 4.78 is 5.63. The fraction of sp³-hybridized carbons (Fsp3) is 0.440. The molecule has 2 amide bonds. The van der Waals surface area contributed by atoms with E-state index in [0.29, 0.717) is 23.4 Å². The molecular weight excluding hydrogens is 390 g/mol. The molecule has 1 aliphatic rings. The minimum absolute atomic E-state index is 0.192. The monoisotopic (exact) mass is 421 g/mol. The maximum Gasteiger partial charge on any atom is 0.319 e. The Bertz CT molecular complexity index is 1030. The van der Waals surface area contributed by atoms with E-state index in [4.69, 9.17) is 4.74 Å². The van der Waals surface area contributed by atoms with Gasteiger partial charge in [0, 0.05) is 5.56 Å².